The highest BCUT2D eigenvalue weighted by Gasteiger charge is 2.20. The second kappa shape index (κ2) is 3.58. The first-order chi connectivity index (χ1) is 4.83. The Bertz CT molecular complexity index is 139. The Hall–Kier alpha value is -0.550. The van der Waals surface area contributed by atoms with Gasteiger partial charge in [-0.3, -0.25) is 0 Å². The molecule has 0 spiro atoms. The summed E-state index contributed by atoms with van der Waals surface area (Å²) in [5, 5.41) is 8.29. The van der Waals surface area contributed by atoms with Gasteiger partial charge >= 0.3 is 0 Å². The molecule has 2 atom stereocenters. The van der Waals surface area contributed by atoms with E-state index in [2.05, 4.69) is 13.0 Å². The maximum atomic E-state index is 8.29. The van der Waals surface area contributed by atoms with Gasteiger partial charge in [0.25, 0.3) is 0 Å². The van der Waals surface area contributed by atoms with Gasteiger partial charge in [-0.05, 0) is 26.2 Å². The molecule has 0 aromatic rings. The molecular formula is C8H13NO. The molecule has 56 valence electrons. The van der Waals surface area contributed by atoms with Gasteiger partial charge in [-0.1, -0.05) is 0 Å². The molecule has 2 heteroatoms. The van der Waals surface area contributed by atoms with E-state index in [9.17, 15) is 0 Å². The molecule has 0 radical (unpaired) electrons. The molecule has 1 rings (SSSR count). The molecule has 1 aliphatic heterocycles. The van der Waals surface area contributed by atoms with Crippen molar-refractivity contribution in [3.05, 3.63) is 0 Å². The molecule has 0 aliphatic carbocycles. The summed E-state index contributed by atoms with van der Waals surface area (Å²) < 4.78 is 5.51. The topological polar surface area (TPSA) is 33.0 Å². The highest BCUT2D eigenvalue weighted by atomic mass is 16.5. The number of hydrogen-bond donors (Lipinski definition) is 0. The van der Waals surface area contributed by atoms with Crippen LogP contribution in [0.15, 0.2) is 0 Å². The second-order valence-electron chi connectivity index (χ2n) is 2.84. The fourth-order valence-electron chi connectivity index (χ4n) is 1.32. The summed E-state index contributed by atoms with van der Waals surface area (Å²) >= 11 is 0. The number of nitrogens with zero attached hydrogens (tertiary/aromatic N) is 1. The van der Waals surface area contributed by atoms with Gasteiger partial charge in [-0.15, -0.1) is 0 Å². The lowest BCUT2D eigenvalue weighted by Gasteiger charge is -2.07. The minimum Gasteiger partial charge on any atom is -0.375 e. The largest absolute Gasteiger partial charge is 0.375 e. The molecule has 1 heterocycles. The first-order valence-corrected chi connectivity index (χ1v) is 3.85. The van der Waals surface area contributed by atoms with E-state index in [1.54, 1.807) is 0 Å². The van der Waals surface area contributed by atoms with Gasteiger partial charge in [0.15, 0.2) is 0 Å². The Morgan fingerprint density at radius 3 is 2.90 bits per heavy atom. The van der Waals surface area contributed by atoms with E-state index in [0.29, 0.717) is 18.6 Å². The van der Waals surface area contributed by atoms with Gasteiger partial charge in [0, 0.05) is 6.42 Å². The standard InChI is InChI=1S/C8H13NO/c1-7-4-5-8(10-7)3-2-6-9/h7-8H,2-5H2,1H3. The number of ether oxygens (including phenoxy) is 1. The summed E-state index contributed by atoms with van der Waals surface area (Å²) in [5.41, 5.74) is 0. The molecule has 0 saturated carbocycles. The molecule has 0 bridgehead atoms. The fraction of sp³-hybridized carbons (Fsp3) is 0.875. The van der Waals surface area contributed by atoms with Crippen molar-refractivity contribution < 1.29 is 4.74 Å². The predicted molar refractivity (Wildman–Crippen MR) is 38.4 cm³/mol. The molecule has 0 aromatic heterocycles. The molecule has 10 heavy (non-hydrogen) atoms. The second-order valence-corrected chi connectivity index (χ2v) is 2.84. The Kier molecular flexibility index (Phi) is 2.70. The van der Waals surface area contributed by atoms with E-state index in [1.165, 1.54) is 0 Å². The van der Waals surface area contributed by atoms with Crippen LogP contribution >= 0.6 is 0 Å². The van der Waals surface area contributed by atoms with Crippen LogP contribution in [0.1, 0.15) is 32.6 Å². The molecular weight excluding hydrogens is 126 g/mol. The predicted octanol–water partition coefficient (Wildman–Crippen LogP) is 1.86. The lowest BCUT2D eigenvalue weighted by atomic mass is 10.1. The average Bonchev–Trinajstić information content (AvgIpc) is 2.31. The molecule has 2 unspecified atom stereocenters. The zero-order valence-corrected chi connectivity index (χ0v) is 6.34. The summed E-state index contributed by atoms with van der Waals surface area (Å²) in [6.45, 7) is 2.09. The summed E-state index contributed by atoms with van der Waals surface area (Å²) in [6.07, 6.45) is 4.65. The third-order valence-electron chi connectivity index (χ3n) is 1.90. The van der Waals surface area contributed by atoms with Crippen molar-refractivity contribution in [1.82, 2.24) is 0 Å². The lowest BCUT2D eigenvalue weighted by molar-refractivity contribution is 0.0519. The summed E-state index contributed by atoms with van der Waals surface area (Å²) in [4.78, 5) is 0. The Labute approximate surface area is 61.8 Å². The van der Waals surface area contributed by atoms with E-state index in [4.69, 9.17) is 10.00 Å². The fourth-order valence-corrected chi connectivity index (χ4v) is 1.32. The zero-order valence-electron chi connectivity index (χ0n) is 6.34. The van der Waals surface area contributed by atoms with Gasteiger partial charge in [0.1, 0.15) is 0 Å². The van der Waals surface area contributed by atoms with Crippen molar-refractivity contribution in [1.29, 1.82) is 5.26 Å². The van der Waals surface area contributed by atoms with Gasteiger partial charge in [-0.2, -0.15) is 5.26 Å². The number of nitriles is 1. The molecule has 0 N–H and O–H groups in total. The van der Waals surface area contributed by atoms with Crippen molar-refractivity contribution in [3.63, 3.8) is 0 Å². The number of hydrogen-bond acceptors (Lipinski definition) is 2. The van der Waals surface area contributed by atoms with E-state index in [-0.39, 0.29) is 0 Å². The summed E-state index contributed by atoms with van der Waals surface area (Å²) in [7, 11) is 0. The smallest absolute Gasteiger partial charge is 0.0622 e. The first-order valence-electron chi connectivity index (χ1n) is 3.85. The van der Waals surface area contributed by atoms with Gasteiger partial charge in [0.2, 0.25) is 0 Å². The number of rotatable bonds is 2. The minimum absolute atomic E-state index is 0.370. The van der Waals surface area contributed by atoms with E-state index in [0.717, 1.165) is 19.3 Å². The Balaban J connectivity index is 2.14. The van der Waals surface area contributed by atoms with Crippen LogP contribution in [0.5, 0.6) is 0 Å². The van der Waals surface area contributed by atoms with Crippen LogP contribution in [0.25, 0.3) is 0 Å². The van der Waals surface area contributed by atoms with Crippen molar-refractivity contribution in [2.75, 3.05) is 0 Å². The third-order valence-corrected chi connectivity index (χ3v) is 1.90. The van der Waals surface area contributed by atoms with Gasteiger partial charge in [0.05, 0.1) is 18.3 Å². The first kappa shape index (κ1) is 7.56. The Morgan fingerprint density at radius 1 is 1.60 bits per heavy atom. The van der Waals surface area contributed by atoms with Crippen LogP contribution in [-0.2, 0) is 4.74 Å². The highest BCUT2D eigenvalue weighted by molar-refractivity contribution is 4.76. The van der Waals surface area contributed by atoms with E-state index in [1.807, 2.05) is 0 Å². The van der Waals surface area contributed by atoms with Crippen LogP contribution in [0.3, 0.4) is 0 Å². The van der Waals surface area contributed by atoms with Crippen LogP contribution in [-0.4, -0.2) is 12.2 Å². The molecule has 1 fully saturated rings. The highest BCUT2D eigenvalue weighted by Crippen LogP contribution is 2.21. The quantitative estimate of drug-likeness (QED) is 0.585. The molecule has 2 nitrogen and oxygen atoms in total. The van der Waals surface area contributed by atoms with E-state index < -0.39 is 0 Å². The van der Waals surface area contributed by atoms with Crippen LogP contribution in [0, 0.1) is 11.3 Å². The lowest BCUT2D eigenvalue weighted by Crippen LogP contribution is -2.07. The van der Waals surface area contributed by atoms with Gasteiger partial charge in [-0.25, -0.2) is 0 Å². The van der Waals surface area contributed by atoms with Crippen LogP contribution < -0.4 is 0 Å². The van der Waals surface area contributed by atoms with Crippen LogP contribution in [0.4, 0.5) is 0 Å². The average molecular weight is 139 g/mol. The van der Waals surface area contributed by atoms with Crippen molar-refractivity contribution in [3.8, 4) is 6.07 Å². The third kappa shape index (κ3) is 2.00. The van der Waals surface area contributed by atoms with Crippen LogP contribution in [0.2, 0.25) is 0 Å². The molecule has 0 aromatic carbocycles. The van der Waals surface area contributed by atoms with Crippen molar-refractivity contribution >= 4 is 0 Å². The monoisotopic (exact) mass is 139 g/mol. The minimum atomic E-state index is 0.370. The summed E-state index contributed by atoms with van der Waals surface area (Å²) in [5.74, 6) is 0. The zero-order chi connectivity index (χ0) is 7.40. The maximum absolute atomic E-state index is 8.29. The SMILES string of the molecule is CC1CCC(CCC#N)O1. The Morgan fingerprint density at radius 2 is 2.40 bits per heavy atom. The maximum Gasteiger partial charge on any atom is 0.0622 e. The van der Waals surface area contributed by atoms with E-state index >= 15 is 0 Å². The summed E-state index contributed by atoms with van der Waals surface area (Å²) in [6, 6.07) is 2.13. The van der Waals surface area contributed by atoms with Crippen molar-refractivity contribution in [2.24, 2.45) is 0 Å². The van der Waals surface area contributed by atoms with Crippen molar-refractivity contribution in [2.45, 2.75) is 44.8 Å². The molecule has 0 amide bonds. The normalized spacial score (nSPS) is 32.0. The molecule has 1 aliphatic rings. The molecule has 1 saturated heterocycles. The van der Waals surface area contributed by atoms with Gasteiger partial charge < -0.3 is 4.74 Å².